The minimum Gasteiger partial charge on any atom is -0.385 e. The minimum atomic E-state index is -3.40. The summed E-state index contributed by atoms with van der Waals surface area (Å²) in [4.78, 5) is 17.3. The molecular weight excluding hydrogens is 500 g/mol. The number of aromatic nitrogens is 1. The fourth-order valence-electron chi connectivity index (χ4n) is 4.65. The van der Waals surface area contributed by atoms with Gasteiger partial charge in [-0.25, -0.2) is 17.7 Å². The molecule has 10 heteroatoms. The van der Waals surface area contributed by atoms with Crippen molar-refractivity contribution in [2.24, 2.45) is 11.8 Å². The van der Waals surface area contributed by atoms with Gasteiger partial charge in [-0.05, 0) is 69.2 Å². The van der Waals surface area contributed by atoms with E-state index in [4.69, 9.17) is 16.3 Å². The summed E-state index contributed by atoms with van der Waals surface area (Å²) in [5, 5.41) is 6.37. The number of rotatable bonds is 8. The highest BCUT2D eigenvalue weighted by molar-refractivity contribution is 7.89. The zero-order valence-corrected chi connectivity index (χ0v) is 22.4. The van der Waals surface area contributed by atoms with Crippen LogP contribution in [0.2, 0.25) is 5.02 Å². The molecule has 0 spiro atoms. The standard InChI is InChI=1S/C26H35ClN4O4S/c1-18(2)36(33,34)31-10-4-6-21(17-31)26(32)30-25-14-23(24(27)16-29-25)20-5-3-7-22(13-20)28-15-19-8-11-35-12-9-19/h3,5,7,13-14,16,18-19,21,28H,4,6,8-12,15,17H2,1-2H3,(H,29,30,32)/t21-/m1/s1. The Bertz CT molecular complexity index is 1170. The molecule has 1 aromatic carbocycles. The predicted molar refractivity (Wildman–Crippen MR) is 144 cm³/mol. The van der Waals surface area contributed by atoms with E-state index in [-0.39, 0.29) is 12.5 Å². The molecular formula is C26H35ClN4O4S. The minimum absolute atomic E-state index is 0.188. The van der Waals surface area contributed by atoms with Gasteiger partial charge in [0.1, 0.15) is 5.82 Å². The van der Waals surface area contributed by atoms with E-state index in [1.54, 1.807) is 19.9 Å². The van der Waals surface area contributed by atoms with Crippen LogP contribution in [0.3, 0.4) is 0 Å². The lowest BCUT2D eigenvalue weighted by Gasteiger charge is -2.32. The summed E-state index contributed by atoms with van der Waals surface area (Å²) in [6.45, 7) is 6.49. The van der Waals surface area contributed by atoms with Gasteiger partial charge in [-0.15, -0.1) is 0 Å². The van der Waals surface area contributed by atoms with Crippen molar-refractivity contribution in [2.45, 2.75) is 44.8 Å². The van der Waals surface area contributed by atoms with Crippen LogP contribution in [0.15, 0.2) is 36.5 Å². The highest BCUT2D eigenvalue weighted by Gasteiger charge is 2.34. The number of hydrogen-bond donors (Lipinski definition) is 2. The molecule has 3 heterocycles. The second kappa shape index (κ2) is 11.9. The van der Waals surface area contributed by atoms with Gasteiger partial charge in [-0.3, -0.25) is 4.79 Å². The van der Waals surface area contributed by atoms with Gasteiger partial charge in [0, 0.05) is 50.3 Å². The second-order valence-corrected chi connectivity index (χ2v) is 12.7. The third-order valence-corrected chi connectivity index (χ3v) is 9.47. The number of pyridine rings is 1. The third kappa shape index (κ3) is 6.56. The van der Waals surface area contributed by atoms with Gasteiger partial charge in [0.2, 0.25) is 15.9 Å². The van der Waals surface area contributed by atoms with Crippen molar-refractivity contribution in [3.05, 3.63) is 41.6 Å². The molecule has 4 rings (SSSR count). The van der Waals surface area contributed by atoms with Crippen LogP contribution in [0.4, 0.5) is 11.5 Å². The number of ether oxygens (including phenoxy) is 1. The zero-order chi connectivity index (χ0) is 25.7. The Balaban J connectivity index is 1.44. The lowest BCUT2D eigenvalue weighted by atomic mass is 9.98. The predicted octanol–water partition coefficient (Wildman–Crippen LogP) is 4.63. The Morgan fingerprint density at radius 3 is 2.75 bits per heavy atom. The van der Waals surface area contributed by atoms with Crippen LogP contribution in [-0.2, 0) is 19.6 Å². The van der Waals surface area contributed by atoms with Crippen molar-refractivity contribution in [2.75, 3.05) is 43.5 Å². The Kier molecular flexibility index (Phi) is 8.87. The van der Waals surface area contributed by atoms with Crippen LogP contribution >= 0.6 is 11.6 Å². The molecule has 8 nitrogen and oxygen atoms in total. The zero-order valence-electron chi connectivity index (χ0n) is 20.9. The third-order valence-electron chi connectivity index (χ3n) is 6.93. The number of anilines is 2. The van der Waals surface area contributed by atoms with Gasteiger partial charge in [0.25, 0.3) is 0 Å². The SMILES string of the molecule is CC(C)S(=O)(=O)N1CCC[C@@H](C(=O)Nc2cc(-c3cccc(NCC4CCOCC4)c3)c(Cl)cn2)C1. The Morgan fingerprint density at radius 2 is 2.00 bits per heavy atom. The van der Waals surface area contributed by atoms with Gasteiger partial charge in [0.05, 0.1) is 16.2 Å². The number of nitrogens with zero attached hydrogens (tertiary/aromatic N) is 2. The Hall–Kier alpha value is -2.20. The number of halogens is 1. The van der Waals surface area contributed by atoms with Gasteiger partial charge in [-0.1, -0.05) is 23.7 Å². The number of benzene rings is 1. The molecule has 0 bridgehead atoms. The van der Waals surface area contributed by atoms with Crippen LogP contribution in [0.1, 0.15) is 39.5 Å². The molecule has 2 aliphatic heterocycles. The highest BCUT2D eigenvalue weighted by Crippen LogP contribution is 2.31. The number of carbonyl (C=O) groups is 1. The van der Waals surface area contributed by atoms with Crippen molar-refractivity contribution >= 4 is 39.0 Å². The smallest absolute Gasteiger partial charge is 0.229 e. The van der Waals surface area contributed by atoms with E-state index in [1.165, 1.54) is 10.5 Å². The highest BCUT2D eigenvalue weighted by atomic mass is 35.5. The van der Waals surface area contributed by atoms with E-state index in [0.717, 1.165) is 49.4 Å². The summed E-state index contributed by atoms with van der Waals surface area (Å²) in [5.74, 6) is 0.334. The van der Waals surface area contributed by atoms with Crippen LogP contribution in [-0.4, -0.2) is 61.7 Å². The molecule has 1 aromatic heterocycles. The summed E-state index contributed by atoms with van der Waals surface area (Å²) in [5.41, 5.74) is 2.69. The first-order chi connectivity index (χ1) is 17.2. The van der Waals surface area contributed by atoms with E-state index in [9.17, 15) is 13.2 Å². The Morgan fingerprint density at radius 1 is 1.22 bits per heavy atom. The largest absolute Gasteiger partial charge is 0.385 e. The fraction of sp³-hybridized carbons (Fsp3) is 0.538. The van der Waals surface area contributed by atoms with E-state index in [0.29, 0.717) is 36.1 Å². The van der Waals surface area contributed by atoms with E-state index in [1.807, 2.05) is 24.3 Å². The molecule has 1 amide bonds. The average molecular weight is 535 g/mol. The normalized spacial score (nSPS) is 19.8. The maximum absolute atomic E-state index is 13.0. The first kappa shape index (κ1) is 26.9. The van der Waals surface area contributed by atoms with Gasteiger partial charge in [0.15, 0.2) is 0 Å². The maximum Gasteiger partial charge on any atom is 0.229 e. The lowest BCUT2D eigenvalue weighted by molar-refractivity contribution is -0.120. The molecule has 36 heavy (non-hydrogen) atoms. The van der Waals surface area contributed by atoms with Crippen molar-refractivity contribution < 1.29 is 17.9 Å². The summed E-state index contributed by atoms with van der Waals surface area (Å²) in [6, 6.07) is 9.79. The molecule has 1 atom stereocenters. The number of sulfonamides is 1. The van der Waals surface area contributed by atoms with Crippen LogP contribution in [0, 0.1) is 11.8 Å². The van der Waals surface area contributed by atoms with Crippen LogP contribution in [0.5, 0.6) is 0 Å². The van der Waals surface area contributed by atoms with Gasteiger partial charge < -0.3 is 15.4 Å². The maximum atomic E-state index is 13.0. The van der Waals surface area contributed by atoms with E-state index in [2.05, 4.69) is 15.6 Å². The lowest BCUT2D eigenvalue weighted by Crippen LogP contribution is -2.46. The van der Waals surface area contributed by atoms with Crippen LogP contribution < -0.4 is 10.6 Å². The van der Waals surface area contributed by atoms with Gasteiger partial charge >= 0.3 is 0 Å². The number of amides is 1. The number of nitrogens with one attached hydrogen (secondary N) is 2. The molecule has 2 aromatic rings. The number of hydrogen-bond acceptors (Lipinski definition) is 6. The van der Waals surface area contributed by atoms with Crippen molar-refractivity contribution in [1.82, 2.24) is 9.29 Å². The van der Waals surface area contributed by atoms with Crippen molar-refractivity contribution in [1.29, 1.82) is 0 Å². The summed E-state index contributed by atoms with van der Waals surface area (Å²) in [7, 11) is -3.40. The topological polar surface area (TPSA) is 101 Å². The van der Waals surface area contributed by atoms with Crippen molar-refractivity contribution in [3.8, 4) is 11.1 Å². The molecule has 0 radical (unpaired) electrons. The van der Waals surface area contributed by atoms with E-state index >= 15 is 0 Å². The first-order valence-electron chi connectivity index (χ1n) is 12.6. The monoisotopic (exact) mass is 534 g/mol. The van der Waals surface area contributed by atoms with Gasteiger partial charge in [-0.2, -0.15) is 0 Å². The second-order valence-electron chi connectivity index (χ2n) is 9.85. The summed E-state index contributed by atoms with van der Waals surface area (Å²) < 4.78 is 32.0. The molecule has 2 fully saturated rings. The molecule has 0 unspecified atom stereocenters. The summed E-state index contributed by atoms with van der Waals surface area (Å²) >= 11 is 6.48. The fourth-order valence-corrected chi connectivity index (χ4v) is 6.23. The molecule has 0 aliphatic carbocycles. The quantitative estimate of drug-likeness (QED) is 0.512. The van der Waals surface area contributed by atoms with E-state index < -0.39 is 21.2 Å². The first-order valence-corrected chi connectivity index (χ1v) is 14.5. The molecule has 2 saturated heterocycles. The average Bonchev–Trinajstić information content (AvgIpc) is 2.89. The number of piperidine rings is 1. The molecule has 196 valence electrons. The molecule has 2 aliphatic rings. The van der Waals surface area contributed by atoms with Crippen molar-refractivity contribution in [3.63, 3.8) is 0 Å². The number of carbonyl (C=O) groups excluding carboxylic acids is 1. The summed E-state index contributed by atoms with van der Waals surface area (Å²) in [6.07, 6.45) is 4.95. The Labute approximate surface area is 218 Å². The molecule has 0 saturated carbocycles. The van der Waals surface area contributed by atoms with Crippen LogP contribution in [0.25, 0.3) is 11.1 Å². The molecule has 2 N–H and O–H groups in total.